The number of hydrogen-bond donors (Lipinski definition) is 1. The molecule has 0 saturated carbocycles. The van der Waals surface area contributed by atoms with Gasteiger partial charge in [0.2, 0.25) is 0 Å². The summed E-state index contributed by atoms with van der Waals surface area (Å²) < 4.78 is 3.67. The van der Waals surface area contributed by atoms with Crippen molar-refractivity contribution in [2.45, 2.75) is 27.0 Å². The summed E-state index contributed by atoms with van der Waals surface area (Å²) in [7, 11) is 0. The van der Waals surface area contributed by atoms with Crippen LogP contribution in [0.4, 0.5) is 0 Å². The molecule has 1 N–H and O–H groups in total. The first-order chi connectivity index (χ1) is 8.78. The van der Waals surface area contributed by atoms with Crippen LogP contribution in [0.1, 0.15) is 12.8 Å². The maximum atomic E-state index is 5.86. The monoisotopic (exact) mass is 492 g/mol. The van der Waals surface area contributed by atoms with Crippen molar-refractivity contribution < 1.29 is 21.2 Å². The second-order valence-corrected chi connectivity index (χ2v) is 10.0. The first-order valence-electron chi connectivity index (χ1n) is 6.35. The Balaban J connectivity index is 1.47. The van der Waals surface area contributed by atoms with Crippen LogP contribution in [0, 0.1) is 5.92 Å². The second kappa shape index (κ2) is 6.13. The van der Waals surface area contributed by atoms with E-state index < -0.39 is 0 Å². The molecule has 6 heteroatoms. The van der Waals surface area contributed by atoms with E-state index in [0.29, 0.717) is 26.2 Å². The van der Waals surface area contributed by atoms with Gasteiger partial charge in [0.25, 0.3) is 0 Å². The van der Waals surface area contributed by atoms with Crippen molar-refractivity contribution >= 4 is 40.4 Å². The molecule has 3 atom stereocenters. The first-order valence-corrected chi connectivity index (χ1v) is 10.7. The van der Waals surface area contributed by atoms with Crippen LogP contribution < -0.4 is 26.5 Å². The molecular weight excluding hydrogens is 475 g/mol. The number of allylic oxidation sites excluding steroid dienone is 1. The Bertz CT molecular complexity index is 366. The maximum absolute atomic E-state index is 5.86. The number of halogens is 3. The Kier molecular flexibility index (Phi) is 4.73. The number of nitrogens with one attached hydrogen (secondary N) is 1. The predicted octanol–water partition coefficient (Wildman–Crippen LogP) is -0.989. The molecule has 3 nitrogen and oxygen atoms in total. The van der Waals surface area contributed by atoms with Crippen LogP contribution in [0.15, 0.2) is 16.2 Å². The molecule has 0 amide bonds. The van der Waals surface area contributed by atoms with Crippen molar-refractivity contribution in [2.75, 3.05) is 17.5 Å². The molecule has 0 aromatic rings. The third-order valence-corrected chi connectivity index (χ3v) is 10.7. The third-order valence-electron chi connectivity index (χ3n) is 3.81. The van der Waals surface area contributed by atoms with Crippen LogP contribution in [-0.4, -0.2) is 42.8 Å². The van der Waals surface area contributed by atoms with E-state index in [9.17, 15) is 0 Å². The SMILES string of the molecule is ClC1=CNC(N2CCC([C@H]3[I-][C@H]3CI)CC2)N=C1. The zero-order valence-corrected chi connectivity index (χ0v) is 15.1. The molecule has 102 valence electrons. The van der Waals surface area contributed by atoms with Gasteiger partial charge in [-0.15, -0.1) is 0 Å². The van der Waals surface area contributed by atoms with Gasteiger partial charge >= 0.3 is 138 Å². The van der Waals surface area contributed by atoms with Crippen LogP contribution in [-0.2, 0) is 0 Å². The summed E-state index contributed by atoms with van der Waals surface area (Å²) in [6, 6.07) is 0. The van der Waals surface area contributed by atoms with Crippen molar-refractivity contribution in [3.8, 4) is 0 Å². The summed E-state index contributed by atoms with van der Waals surface area (Å²) in [6.45, 7) is 2.36. The van der Waals surface area contributed by atoms with Crippen LogP contribution in [0.3, 0.4) is 0 Å². The van der Waals surface area contributed by atoms with E-state index in [-0.39, 0.29) is 6.29 Å². The van der Waals surface area contributed by atoms with Gasteiger partial charge in [-0.05, 0) is 0 Å². The Morgan fingerprint density at radius 1 is 1.50 bits per heavy atom. The normalized spacial score (nSPS) is 37.7. The number of alkyl halides is 3. The summed E-state index contributed by atoms with van der Waals surface area (Å²) in [4.78, 5) is 6.88. The standard InChI is InChI=1S/C12H17ClI2N3/c13-9-6-16-12(17-7-9)18-3-1-8(2-4-18)11-10(5-14)15-11/h6-8,10-12,16H,1-5H2/q-1/t10-,11+,12?/m0/s1. The molecule has 0 bridgehead atoms. The number of hydrogen-bond acceptors (Lipinski definition) is 3. The predicted molar refractivity (Wildman–Crippen MR) is 80.1 cm³/mol. The summed E-state index contributed by atoms with van der Waals surface area (Å²) in [5.74, 6) is 1.01. The van der Waals surface area contributed by atoms with Crippen molar-refractivity contribution in [3.63, 3.8) is 0 Å². The van der Waals surface area contributed by atoms with Gasteiger partial charge in [-0.2, -0.15) is 0 Å². The Morgan fingerprint density at radius 3 is 2.83 bits per heavy atom. The van der Waals surface area contributed by atoms with Crippen LogP contribution in [0.25, 0.3) is 0 Å². The zero-order valence-electron chi connectivity index (χ0n) is 10.0. The fraction of sp³-hybridized carbons (Fsp3) is 0.750. The Hall–Kier alpha value is 0.920. The van der Waals surface area contributed by atoms with E-state index in [1.165, 1.54) is 30.4 Å². The van der Waals surface area contributed by atoms with Gasteiger partial charge in [0.05, 0.1) is 0 Å². The Labute approximate surface area is 137 Å². The first kappa shape index (κ1) is 13.9. The van der Waals surface area contributed by atoms with E-state index in [1.54, 1.807) is 6.21 Å². The number of nitrogens with zero attached hydrogens (tertiary/aromatic N) is 2. The molecule has 1 unspecified atom stereocenters. The second-order valence-electron chi connectivity index (χ2n) is 4.96. The number of piperidine rings is 1. The molecule has 0 radical (unpaired) electrons. The topological polar surface area (TPSA) is 27.6 Å². The summed E-state index contributed by atoms with van der Waals surface area (Å²) >= 11 is 8.97. The molecular formula is C12H17ClI2N3-. The van der Waals surface area contributed by atoms with Crippen molar-refractivity contribution in [1.29, 1.82) is 0 Å². The third kappa shape index (κ3) is 3.15. The molecule has 3 heterocycles. The Morgan fingerprint density at radius 2 is 2.28 bits per heavy atom. The van der Waals surface area contributed by atoms with E-state index in [0.717, 1.165) is 13.8 Å². The molecule has 2 saturated heterocycles. The summed E-state index contributed by atoms with van der Waals surface area (Å²) in [5.41, 5.74) is 0. The summed E-state index contributed by atoms with van der Waals surface area (Å²) in [6.07, 6.45) is 6.45. The van der Waals surface area contributed by atoms with Gasteiger partial charge in [-0.1, -0.05) is 0 Å². The molecule has 3 rings (SSSR count). The van der Waals surface area contributed by atoms with Crippen molar-refractivity contribution in [3.05, 3.63) is 11.2 Å². The van der Waals surface area contributed by atoms with E-state index >= 15 is 0 Å². The summed E-state index contributed by atoms with van der Waals surface area (Å²) in [5, 5.41) is 3.95. The molecule has 0 aliphatic carbocycles. The average molecular weight is 493 g/mol. The van der Waals surface area contributed by atoms with Gasteiger partial charge in [-0.25, -0.2) is 0 Å². The molecule has 3 aliphatic rings. The number of aliphatic imine (C=N–C) groups is 1. The van der Waals surface area contributed by atoms with Gasteiger partial charge in [0.15, 0.2) is 0 Å². The molecule has 18 heavy (non-hydrogen) atoms. The fourth-order valence-electron chi connectivity index (χ4n) is 2.72. The minimum atomic E-state index is 0.114. The van der Waals surface area contributed by atoms with Gasteiger partial charge in [0, 0.05) is 0 Å². The molecule has 0 aromatic carbocycles. The van der Waals surface area contributed by atoms with Crippen LogP contribution in [0.5, 0.6) is 0 Å². The van der Waals surface area contributed by atoms with Crippen LogP contribution in [0.2, 0.25) is 0 Å². The van der Waals surface area contributed by atoms with Crippen molar-refractivity contribution in [2.24, 2.45) is 10.9 Å². The average Bonchev–Trinajstić information content (AvgIpc) is 3.19. The van der Waals surface area contributed by atoms with Gasteiger partial charge in [-0.3, -0.25) is 0 Å². The van der Waals surface area contributed by atoms with E-state index in [1.807, 2.05) is 6.20 Å². The molecule has 3 aliphatic heterocycles. The van der Waals surface area contributed by atoms with Gasteiger partial charge in [0.1, 0.15) is 0 Å². The minimum absolute atomic E-state index is 0.114. The van der Waals surface area contributed by atoms with Crippen LogP contribution >= 0.6 is 34.2 Å². The number of likely N-dealkylation sites (tertiary alicyclic amines) is 1. The zero-order chi connectivity index (χ0) is 12.5. The van der Waals surface area contributed by atoms with Gasteiger partial charge < -0.3 is 0 Å². The molecule has 2 fully saturated rings. The quantitative estimate of drug-likeness (QED) is 0.405. The fourth-order valence-corrected chi connectivity index (χ4v) is 8.82. The van der Waals surface area contributed by atoms with E-state index in [4.69, 9.17) is 11.6 Å². The number of rotatable bonds is 3. The molecule has 0 spiro atoms. The van der Waals surface area contributed by atoms with E-state index in [2.05, 4.69) is 37.8 Å². The molecule has 0 aromatic heterocycles. The van der Waals surface area contributed by atoms with Crippen molar-refractivity contribution in [1.82, 2.24) is 10.2 Å².